The largest absolute Gasteiger partial charge is 0.416 e. The van der Waals surface area contributed by atoms with E-state index in [2.05, 4.69) is 4.72 Å². The van der Waals surface area contributed by atoms with Gasteiger partial charge in [-0.25, -0.2) is 0 Å². The number of benzene rings is 2. The third-order valence-corrected chi connectivity index (χ3v) is 7.58. The first-order valence-electron chi connectivity index (χ1n) is 9.23. The van der Waals surface area contributed by atoms with Crippen LogP contribution in [0.15, 0.2) is 36.4 Å². The number of fused-ring (bicyclic) bond motifs is 1. The molecule has 0 aliphatic carbocycles. The Kier molecular flexibility index (Phi) is 4.97. The Labute approximate surface area is 172 Å². The molecule has 0 saturated carbocycles. The SMILES string of the molecule is Cc1cc([C@H]2NS(=O)(=O)N3[C@H](c4cc(C)ccc4Cl)CC[C@@H]23)cc(C(F)(F)F)c1. The fourth-order valence-corrected chi connectivity index (χ4v) is 6.55. The second-order valence-corrected chi connectivity index (χ2v) is 9.76. The summed E-state index contributed by atoms with van der Waals surface area (Å²) in [5.74, 6) is 0. The lowest BCUT2D eigenvalue weighted by Crippen LogP contribution is -2.32. The summed E-state index contributed by atoms with van der Waals surface area (Å²) in [6, 6.07) is 7.52. The van der Waals surface area contributed by atoms with Crippen LogP contribution in [0.25, 0.3) is 0 Å². The summed E-state index contributed by atoms with van der Waals surface area (Å²) in [5.41, 5.74) is 1.66. The van der Waals surface area contributed by atoms with Crippen molar-refractivity contribution in [1.82, 2.24) is 9.03 Å². The molecule has 9 heteroatoms. The molecule has 2 aliphatic heterocycles. The first-order valence-corrected chi connectivity index (χ1v) is 11.0. The number of hydrogen-bond acceptors (Lipinski definition) is 2. The molecule has 0 aromatic heterocycles. The fraction of sp³-hybridized carbons (Fsp3) is 0.400. The van der Waals surface area contributed by atoms with E-state index in [1.165, 1.54) is 4.31 Å². The molecule has 0 spiro atoms. The summed E-state index contributed by atoms with van der Waals surface area (Å²) < 4.78 is 69.6. The lowest BCUT2D eigenvalue weighted by Gasteiger charge is -2.24. The number of nitrogens with zero attached hydrogens (tertiary/aromatic N) is 1. The first kappa shape index (κ1) is 20.7. The van der Waals surface area contributed by atoms with E-state index < -0.39 is 40.1 Å². The third-order valence-electron chi connectivity index (χ3n) is 5.60. The van der Waals surface area contributed by atoms with Crippen LogP contribution in [0.5, 0.6) is 0 Å². The Bertz CT molecular complexity index is 1070. The van der Waals surface area contributed by atoms with Crippen molar-refractivity contribution < 1.29 is 21.6 Å². The molecule has 0 bridgehead atoms. The van der Waals surface area contributed by atoms with Crippen LogP contribution in [-0.2, 0) is 16.4 Å². The van der Waals surface area contributed by atoms with Crippen LogP contribution in [0.1, 0.15) is 52.7 Å². The Hall–Kier alpha value is -1.61. The molecule has 0 unspecified atom stereocenters. The summed E-state index contributed by atoms with van der Waals surface area (Å²) in [4.78, 5) is 0. The predicted octanol–water partition coefficient (Wildman–Crippen LogP) is 5.07. The van der Waals surface area contributed by atoms with Gasteiger partial charge in [0.05, 0.1) is 17.6 Å². The van der Waals surface area contributed by atoms with Gasteiger partial charge in [0.15, 0.2) is 0 Å². The van der Waals surface area contributed by atoms with Crippen LogP contribution in [0.4, 0.5) is 13.2 Å². The molecule has 29 heavy (non-hydrogen) atoms. The van der Waals surface area contributed by atoms with Crippen molar-refractivity contribution >= 4 is 21.8 Å². The highest BCUT2D eigenvalue weighted by Gasteiger charge is 2.53. The Morgan fingerprint density at radius 3 is 2.48 bits per heavy atom. The van der Waals surface area contributed by atoms with Crippen LogP contribution in [0.2, 0.25) is 5.02 Å². The van der Waals surface area contributed by atoms with Gasteiger partial charge in [0.25, 0.3) is 10.2 Å². The minimum absolute atomic E-state index is 0.324. The smallest absolute Gasteiger partial charge is 0.195 e. The lowest BCUT2D eigenvalue weighted by atomic mass is 9.95. The monoisotopic (exact) mass is 444 g/mol. The summed E-state index contributed by atoms with van der Waals surface area (Å²) in [7, 11) is -3.87. The highest BCUT2D eigenvalue weighted by molar-refractivity contribution is 7.87. The Morgan fingerprint density at radius 2 is 1.79 bits per heavy atom. The Balaban J connectivity index is 1.75. The number of aryl methyl sites for hydroxylation is 2. The molecule has 2 heterocycles. The van der Waals surface area contributed by atoms with Gasteiger partial charge in [-0.1, -0.05) is 40.9 Å². The standard InChI is InChI=1S/C20H20ClF3N2O2S/c1-11-3-4-16(21)15(9-11)17-5-6-18-19(25-29(27,28)26(17)18)13-7-12(2)8-14(10-13)20(22,23)24/h3-4,7-10,17-19,25H,5-6H2,1-2H3/t17-,18-,19+/m0/s1. The van der Waals surface area contributed by atoms with Crippen LogP contribution in [-0.4, -0.2) is 18.8 Å². The van der Waals surface area contributed by atoms with Crippen LogP contribution < -0.4 is 4.72 Å². The molecule has 2 aromatic carbocycles. The van der Waals surface area contributed by atoms with Gasteiger partial charge in [-0.15, -0.1) is 0 Å². The van der Waals surface area contributed by atoms with E-state index >= 15 is 0 Å². The van der Waals surface area contributed by atoms with Gasteiger partial charge in [0, 0.05) is 11.1 Å². The molecule has 1 N–H and O–H groups in total. The molecule has 0 radical (unpaired) electrons. The number of halogens is 4. The zero-order valence-corrected chi connectivity index (χ0v) is 17.4. The summed E-state index contributed by atoms with van der Waals surface area (Å²) in [6.07, 6.45) is -3.41. The predicted molar refractivity (Wildman–Crippen MR) is 105 cm³/mol. The molecule has 0 amide bonds. The zero-order valence-electron chi connectivity index (χ0n) is 15.8. The highest BCUT2D eigenvalue weighted by atomic mass is 35.5. The minimum atomic E-state index is -4.49. The topological polar surface area (TPSA) is 49.4 Å². The average molecular weight is 445 g/mol. The molecule has 2 saturated heterocycles. The van der Waals surface area contributed by atoms with Crippen LogP contribution in [0.3, 0.4) is 0 Å². The van der Waals surface area contributed by atoms with E-state index in [0.717, 1.165) is 23.3 Å². The second-order valence-electron chi connectivity index (χ2n) is 7.75. The van der Waals surface area contributed by atoms with Crippen molar-refractivity contribution in [2.75, 3.05) is 0 Å². The van der Waals surface area contributed by atoms with Gasteiger partial charge in [-0.2, -0.15) is 30.6 Å². The summed E-state index contributed by atoms with van der Waals surface area (Å²) in [6.45, 7) is 3.47. The fourth-order valence-electron chi connectivity index (χ4n) is 4.43. The van der Waals surface area contributed by atoms with Gasteiger partial charge in [0.2, 0.25) is 0 Å². The van der Waals surface area contributed by atoms with Gasteiger partial charge < -0.3 is 0 Å². The van der Waals surface area contributed by atoms with Gasteiger partial charge in [-0.05, 0) is 56.0 Å². The molecular formula is C20H20ClF3N2O2S. The van der Waals surface area contributed by atoms with E-state index in [0.29, 0.717) is 29.0 Å². The van der Waals surface area contributed by atoms with Crippen molar-refractivity contribution in [3.8, 4) is 0 Å². The molecule has 3 atom stereocenters. The first-order chi connectivity index (χ1) is 13.5. The zero-order chi connectivity index (χ0) is 21.1. The van der Waals surface area contributed by atoms with E-state index in [-0.39, 0.29) is 0 Å². The average Bonchev–Trinajstić information content (AvgIpc) is 3.16. The maximum Gasteiger partial charge on any atom is 0.416 e. The van der Waals surface area contributed by atoms with Crippen LogP contribution in [0, 0.1) is 13.8 Å². The number of nitrogens with one attached hydrogen (secondary N) is 1. The highest BCUT2D eigenvalue weighted by Crippen LogP contribution is 2.48. The van der Waals surface area contributed by atoms with Gasteiger partial charge in [-0.3, -0.25) is 0 Å². The van der Waals surface area contributed by atoms with Crippen molar-refractivity contribution in [2.45, 2.75) is 51.0 Å². The normalized spacial score (nSPS) is 26.6. The molecule has 4 nitrogen and oxygen atoms in total. The molecule has 2 fully saturated rings. The van der Waals surface area contributed by atoms with Gasteiger partial charge >= 0.3 is 6.18 Å². The second kappa shape index (κ2) is 6.97. The molecular weight excluding hydrogens is 425 g/mol. The summed E-state index contributed by atoms with van der Waals surface area (Å²) in [5, 5.41) is 0.481. The van der Waals surface area contributed by atoms with E-state index in [9.17, 15) is 21.6 Å². The quantitative estimate of drug-likeness (QED) is 0.703. The molecule has 156 valence electrons. The van der Waals surface area contributed by atoms with E-state index in [4.69, 9.17) is 11.6 Å². The maximum absolute atomic E-state index is 13.3. The molecule has 2 aromatic rings. The lowest BCUT2D eigenvalue weighted by molar-refractivity contribution is -0.137. The van der Waals surface area contributed by atoms with Crippen molar-refractivity contribution in [2.24, 2.45) is 0 Å². The number of hydrogen-bond donors (Lipinski definition) is 1. The van der Waals surface area contributed by atoms with Gasteiger partial charge in [0.1, 0.15) is 0 Å². The van der Waals surface area contributed by atoms with Crippen molar-refractivity contribution in [1.29, 1.82) is 0 Å². The number of alkyl halides is 3. The maximum atomic E-state index is 13.3. The Morgan fingerprint density at radius 1 is 1.07 bits per heavy atom. The molecule has 2 aliphatic rings. The summed E-state index contributed by atoms with van der Waals surface area (Å²) >= 11 is 6.34. The number of rotatable bonds is 2. The van der Waals surface area contributed by atoms with E-state index in [1.54, 1.807) is 19.1 Å². The third kappa shape index (κ3) is 3.67. The minimum Gasteiger partial charge on any atom is -0.195 e. The van der Waals surface area contributed by atoms with E-state index in [1.807, 2.05) is 19.1 Å². The molecule has 4 rings (SSSR count). The van der Waals surface area contributed by atoms with Crippen LogP contribution >= 0.6 is 11.6 Å². The van der Waals surface area contributed by atoms with Crippen molar-refractivity contribution in [3.63, 3.8) is 0 Å². The van der Waals surface area contributed by atoms with Crippen molar-refractivity contribution in [3.05, 3.63) is 69.2 Å².